The summed E-state index contributed by atoms with van der Waals surface area (Å²) < 4.78 is 42.8. The Morgan fingerprint density at radius 2 is 2.12 bits per heavy atom. The highest BCUT2D eigenvalue weighted by atomic mass is 19.4. The topological polar surface area (TPSA) is 54.5 Å². The second-order valence-corrected chi connectivity index (χ2v) is 6.44. The summed E-state index contributed by atoms with van der Waals surface area (Å²) in [5.41, 5.74) is 0.00543. The van der Waals surface area contributed by atoms with Crippen molar-refractivity contribution in [2.75, 3.05) is 26.2 Å². The van der Waals surface area contributed by atoms with Crippen LogP contribution in [-0.4, -0.2) is 54.3 Å². The van der Waals surface area contributed by atoms with Crippen LogP contribution >= 0.6 is 0 Å². The van der Waals surface area contributed by atoms with Crippen molar-refractivity contribution in [2.24, 2.45) is 5.92 Å². The van der Waals surface area contributed by atoms with E-state index in [0.29, 0.717) is 13.1 Å². The Balaban J connectivity index is 1.89. The van der Waals surface area contributed by atoms with Crippen LogP contribution in [0.2, 0.25) is 0 Å². The summed E-state index contributed by atoms with van der Waals surface area (Å²) in [4.78, 5) is 18.3. The molecule has 0 aromatic carbocycles. The van der Waals surface area contributed by atoms with Gasteiger partial charge in [0.25, 0.3) is 5.91 Å². The van der Waals surface area contributed by atoms with Crippen molar-refractivity contribution >= 4 is 5.91 Å². The van der Waals surface area contributed by atoms with Gasteiger partial charge in [-0.3, -0.25) is 4.79 Å². The zero-order valence-corrected chi connectivity index (χ0v) is 14.5. The molecule has 1 saturated heterocycles. The van der Waals surface area contributed by atoms with E-state index in [9.17, 15) is 18.0 Å². The molecule has 0 unspecified atom stereocenters. The molecule has 1 aromatic rings. The lowest BCUT2D eigenvalue weighted by Gasteiger charge is -2.30. The molecule has 2 heterocycles. The smallest absolute Gasteiger partial charge is 0.425 e. The molecule has 0 radical (unpaired) electrons. The molecular weight excluding hydrogens is 335 g/mol. The average molecular weight is 359 g/mol. The summed E-state index contributed by atoms with van der Waals surface area (Å²) in [5.74, 6) is -0.0592. The first-order valence-electron chi connectivity index (χ1n) is 8.46. The van der Waals surface area contributed by atoms with Crippen LogP contribution in [0.25, 0.3) is 0 Å². The number of hydrogen-bond donors (Lipinski definition) is 1. The number of pyridine rings is 1. The third-order valence-electron chi connectivity index (χ3n) is 4.35. The van der Waals surface area contributed by atoms with Crippen LogP contribution < -0.4 is 10.1 Å². The minimum atomic E-state index is -4.52. The van der Waals surface area contributed by atoms with Gasteiger partial charge in [-0.25, -0.2) is 4.98 Å². The lowest BCUT2D eigenvalue weighted by atomic mass is 9.99. The van der Waals surface area contributed by atoms with Crippen molar-refractivity contribution in [1.82, 2.24) is 15.2 Å². The summed E-state index contributed by atoms with van der Waals surface area (Å²) >= 11 is 0. The summed E-state index contributed by atoms with van der Waals surface area (Å²) in [6.07, 6.45) is -2.97. The van der Waals surface area contributed by atoms with E-state index in [4.69, 9.17) is 4.74 Å². The first-order chi connectivity index (χ1) is 11.8. The highest BCUT2D eigenvalue weighted by molar-refractivity contribution is 5.96. The van der Waals surface area contributed by atoms with Gasteiger partial charge in [0.15, 0.2) is 6.10 Å². The molecule has 0 aliphatic carbocycles. The number of aromatic nitrogens is 1. The van der Waals surface area contributed by atoms with E-state index in [1.807, 2.05) is 0 Å². The fraction of sp³-hybridized carbons (Fsp3) is 0.647. The largest absolute Gasteiger partial charge is 0.464 e. The Morgan fingerprint density at radius 3 is 2.76 bits per heavy atom. The van der Waals surface area contributed by atoms with Gasteiger partial charge in [0.2, 0.25) is 5.88 Å². The second-order valence-electron chi connectivity index (χ2n) is 6.44. The monoisotopic (exact) mass is 359 g/mol. The van der Waals surface area contributed by atoms with Gasteiger partial charge < -0.3 is 15.0 Å². The Labute approximate surface area is 145 Å². The summed E-state index contributed by atoms with van der Waals surface area (Å²) in [6, 6.07) is 2.90. The summed E-state index contributed by atoms with van der Waals surface area (Å²) in [7, 11) is 0. The van der Waals surface area contributed by atoms with Crippen LogP contribution in [0.3, 0.4) is 0 Å². The SMILES string of the molecule is CC1CCN(CCNC(=O)c2cccnc2O[C@H](C)C(F)(F)F)CC1. The Morgan fingerprint density at radius 1 is 1.44 bits per heavy atom. The molecule has 1 fully saturated rings. The van der Waals surface area contributed by atoms with Gasteiger partial charge in [0, 0.05) is 19.3 Å². The molecule has 0 bridgehead atoms. The molecule has 1 atom stereocenters. The molecule has 8 heteroatoms. The van der Waals surface area contributed by atoms with Gasteiger partial charge in [-0.05, 0) is 50.9 Å². The van der Waals surface area contributed by atoms with Crippen LogP contribution in [0.1, 0.15) is 37.0 Å². The van der Waals surface area contributed by atoms with E-state index in [1.165, 1.54) is 18.3 Å². The van der Waals surface area contributed by atoms with E-state index in [2.05, 4.69) is 22.1 Å². The molecule has 1 amide bonds. The fourth-order valence-corrected chi connectivity index (χ4v) is 2.60. The Kier molecular flexibility index (Phi) is 6.64. The quantitative estimate of drug-likeness (QED) is 0.849. The maximum absolute atomic E-state index is 12.6. The standard InChI is InChI=1S/C17H24F3N3O2/c1-12-5-9-23(10-6-12)11-8-21-15(24)14-4-3-7-22-16(14)25-13(2)17(18,19)20/h3-4,7,12-13H,5-6,8-11H2,1-2H3,(H,21,24)/t13-/m1/s1. The number of rotatable bonds is 6. The van der Waals surface area contributed by atoms with Crippen LogP contribution in [0.4, 0.5) is 13.2 Å². The molecule has 5 nitrogen and oxygen atoms in total. The van der Waals surface area contributed by atoms with E-state index < -0.39 is 18.2 Å². The number of ether oxygens (including phenoxy) is 1. The number of piperidine rings is 1. The minimum Gasteiger partial charge on any atom is -0.464 e. The predicted molar refractivity (Wildman–Crippen MR) is 87.6 cm³/mol. The first-order valence-corrected chi connectivity index (χ1v) is 8.46. The molecule has 2 rings (SSSR count). The number of halogens is 3. The van der Waals surface area contributed by atoms with Gasteiger partial charge in [0.05, 0.1) is 0 Å². The molecule has 1 aliphatic rings. The number of nitrogens with zero attached hydrogens (tertiary/aromatic N) is 2. The van der Waals surface area contributed by atoms with Crippen molar-refractivity contribution in [3.05, 3.63) is 23.9 Å². The van der Waals surface area contributed by atoms with Crippen molar-refractivity contribution < 1.29 is 22.7 Å². The zero-order valence-electron chi connectivity index (χ0n) is 14.5. The maximum Gasteiger partial charge on any atom is 0.425 e. The van der Waals surface area contributed by atoms with Crippen molar-refractivity contribution in [3.63, 3.8) is 0 Å². The number of carbonyl (C=O) groups excluding carboxylic acids is 1. The fourth-order valence-electron chi connectivity index (χ4n) is 2.60. The average Bonchev–Trinajstić information content (AvgIpc) is 2.56. The normalized spacial score (nSPS) is 18.0. The van der Waals surface area contributed by atoms with Crippen LogP contribution in [0, 0.1) is 5.92 Å². The van der Waals surface area contributed by atoms with Gasteiger partial charge in [0.1, 0.15) is 5.56 Å². The highest BCUT2D eigenvalue weighted by Gasteiger charge is 2.39. The molecule has 1 aliphatic heterocycles. The number of nitrogens with one attached hydrogen (secondary N) is 1. The van der Waals surface area contributed by atoms with E-state index >= 15 is 0 Å². The van der Waals surface area contributed by atoms with Gasteiger partial charge in [-0.1, -0.05) is 6.92 Å². The van der Waals surface area contributed by atoms with Crippen LogP contribution in [0.5, 0.6) is 5.88 Å². The molecule has 1 aromatic heterocycles. The molecule has 1 N–H and O–H groups in total. The van der Waals surface area contributed by atoms with Crippen molar-refractivity contribution in [2.45, 2.75) is 39.0 Å². The summed E-state index contributed by atoms with van der Waals surface area (Å²) in [6.45, 7) is 6.26. The molecule has 25 heavy (non-hydrogen) atoms. The second kappa shape index (κ2) is 8.51. The predicted octanol–water partition coefficient (Wildman–Crippen LogP) is 2.87. The van der Waals surface area contributed by atoms with Crippen molar-refractivity contribution in [3.8, 4) is 5.88 Å². The number of likely N-dealkylation sites (tertiary alicyclic amines) is 1. The minimum absolute atomic E-state index is 0.00543. The molecular formula is C17H24F3N3O2. The van der Waals surface area contributed by atoms with Gasteiger partial charge in [-0.15, -0.1) is 0 Å². The van der Waals surface area contributed by atoms with Gasteiger partial charge in [-0.2, -0.15) is 13.2 Å². The number of hydrogen-bond acceptors (Lipinski definition) is 4. The molecule has 140 valence electrons. The third kappa shape index (κ3) is 5.88. The Bertz CT molecular complexity index is 573. The number of amides is 1. The first kappa shape index (κ1) is 19.5. The Hall–Kier alpha value is -1.83. The van der Waals surface area contributed by atoms with Crippen LogP contribution in [-0.2, 0) is 0 Å². The number of carbonyl (C=O) groups is 1. The maximum atomic E-state index is 12.6. The molecule has 0 saturated carbocycles. The molecule has 0 spiro atoms. The van der Waals surface area contributed by atoms with Crippen LogP contribution in [0.15, 0.2) is 18.3 Å². The van der Waals surface area contributed by atoms with E-state index in [1.54, 1.807) is 0 Å². The number of alkyl halides is 3. The van der Waals surface area contributed by atoms with Gasteiger partial charge >= 0.3 is 6.18 Å². The van der Waals surface area contributed by atoms with E-state index in [-0.39, 0.29) is 11.4 Å². The lowest BCUT2D eigenvalue weighted by molar-refractivity contribution is -0.190. The van der Waals surface area contributed by atoms with E-state index in [0.717, 1.165) is 38.8 Å². The lowest BCUT2D eigenvalue weighted by Crippen LogP contribution is -2.39. The summed E-state index contributed by atoms with van der Waals surface area (Å²) in [5, 5.41) is 2.73. The zero-order chi connectivity index (χ0) is 18.4. The third-order valence-corrected chi connectivity index (χ3v) is 4.35. The van der Waals surface area contributed by atoms with Crippen molar-refractivity contribution in [1.29, 1.82) is 0 Å². The highest BCUT2D eigenvalue weighted by Crippen LogP contribution is 2.25.